The van der Waals surface area contributed by atoms with Crippen LogP contribution in [0.25, 0.3) is 11.0 Å². The summed E-state index contributed by atoms with van der Waals surface area (Å²) in [6, 6.07) is 4.81. The number of aromatic hydroxyl groups is 1. The Bertz CT molecular complexity index is 806. The number of hydrogen-bond acceptors (Lipinski definition) is 7. The number of fused-ring (bicyclic) bond motifs is 1. The highest BCUT2D eigenvalue weighted by Gasteiger charge is 2.20. The third-order valence-electron chi connectivity index (χ3n) is 3.90. The monoisotopic (exact) mass is 318 g/mol. The molecule has 0 amide bonds. The summed E-state index contributed by atoms with van der Waals surface area (Å²) >= 11 is 0. The van der Waals surface area contributed by atoms with Crippen molar-refractivity contribution < 1.29 is 24.3 Å². The number of phenols is 1. The number of carbonyl (C=O) groups excluding carboxylic acids is 1. The molecule has 1 aliphatic heterocycles. The molecule has 0 aliphatic carbocycles. The van der Waals surface area contributed by atoms with E-state index >= 15 is 0 Å². The predicted octanol–water partition coefficient (Wildman–Crippen LogP) is 1.16. The first-order valence-corrected chi connectivity index (χ1v) is 7.40. The first kappa shape index (κ1) is 15.5. The maximum Gasteiger partial charge on any atom is 0.266 e. The van der Waals surface area contributed by atoms with Gasteiger partial charge in [0.25, 0.3) is 5.55 Å². The minimum atomic E-state index is -0.266. The Hall–Kier alpha value is -2.38. The second-order valence-corrected chi connectivity index (χ2v) is 5.50. The third-order valence-corrected chi connectivity index (χ3v) is 3.90. The molecule has 2 aromatic rings. The lowest BCUT2D eigenvalue weighted by Crippen LogP contribution is -2.39. The zero-order chi connectivity index (χ0) is 16.4. The van der Waals surface area contributed by atoms with E-state index in [2.05, 4.69) is 10.5 Å². The summed E-state index contributed by atoms with van der Waals surface area (Å²) in [6.45, 7) is 3.46. The topological polar surface area (TPSA) is 104 Å². The number of hydrogen-bond donors (Lipinski definition) is 3. The molecule has 1 aromatic heterocycles. The molecule has 1 aliphatic rings. The Balaban J connectivity index is 2.12. The number of benzene rings is 1. The van der Waals surface area contributed by atoms with Crippen LogP contribution in [0.5, 0.6) is 5.75 Å². The van der Waals surface area contributed by atoms with Gasteiger partial charge in [-0.15, -0.1) is 0 Å². The summed E-state index contributed by atoms with van der Waals surface area (Å²) in [5.74, 6) is -0.187. The summed E-state index contributed by atoms with van der Waals surface area (Å²) in [5, 5.41) is 26.2. The maximum atomic E-state index is 11.6. The van der Waals surface area contributed by atoms with E-state index in [1.54, 1.807) is 18.2 Å². The molecular formula is C16H18N2O5. The van der Waals surface area contributed by atoms with Crippen molar-refractivity contribution in [2.45, 2.75) is 19.4 Å². The molecule has 1 fully saturated rings. The summed E-state index contributed by atoms with van der Waals surface area (Å²) in [4.78, 5) is 11.6. The van der Waals surface area contributed by atoms with E-state index in [0.29, 0.717) is 36.1 Å². The van der Waals surface area contributed by atoms with Crippen molar-refractivity contribution in [3.05, 3.63) is 34.9 Å². The van der Waals surface area contributed by atoms with Crippen molar-refractivity contribution in [1.29, 1.82) is 0 Å². The largest absolute Gasteiger partial charge is 0.508 e. The van der Waals surface area contributed by atoms with Crippen LogP contribution in [0.4, 0.5) is 0 Å². The van der Waals surface area contributed by atoms with E-state index in [4.69, 9.17) is 14.4 Å². The van der Waals surface area contributed by atoms with Gasteiger partial charge in [0, 0.05) is 30.5 Å². The fraction of sp³-hybridized carbons (Fsp3) is 0.375. The zero-order valence-corrected chi connectivity index (χ0v) is 12.7. The fourth-order valence-corrected chi connectivity index (χ4v) is 2.74. The first-order valence-electron chi connectivity index (χ1n) is 7.40. The Morgan fingerprint density at radius 1 is 1.48 bits per heavy atom. The number of nitrogens with one attached hydrogen (secondary N) is 1. The van der Waals surface area contributed by atoms with Gasteiger partial charge in [0.05, 0.1) is 18.3 Å². The van der Waals surface area contributed by atoms with Gasteiger partial charge in [-0.25, -0.2) is 0 Å². The van der Waals surface area contributed by atoms with Gasteiger partial charge in [-0.05, 0) is 30.3 Å². The van der Waals surface area contributed by atoms with Crippen LogP contribution < -0.4 is 10.9 Å². The molecule has 0 saturated carbocycles. The average molecular weight is 318 g/mol. The Labute approximate surface area is 132 Å². The van der Waals surface area contributed by atoms with E-state index in [-0.39, 0.29) is 28.8 Å². The van der Waals surface area contributed by atoms with Gasteiger partial charge in [0.2, 0.25) is 0 Å². The molecule has 1 atom stereocenters. The second kappa shape index (κ2) is 6.39. The van der Waals surface area contributed by atoms with E-state index in [1.807, 2.05) is 0 Å². The molecule has 122 valence electrons. The van der Waals surface area contributed by atoms with Gasteiger partial charge in [-0.3, -0.25) is 4.79 Å². The number of carbonyl (C=O) groups is 1. The van der Waals surface area contributed by atoms with Crippen molar-refractivity contribution in [1.82, 2.24) is 5.32 Å². The number of morpholine rings is 1. The Morgan fingerprint density at radius 3 is 2.96 bits per heavy atom. The van der Waals surface area contributed by atoms with Crippen LogP contribution in [0.15, 0.2) is 27.8 Å². The summed E-state index contributed by atoms with van der Waals surface area (Å²) in [6.07, 6.45) is 0.363. The second-order valence-electron chi connectivity index (χ2n) is 5.50. The van der Waals surface area contributed by atoms with E-state index in [9.17, 15) is 9.90 Å². The average Bonchev–Trinajstić information content (AvgIpc) is 2.57. The number of rotatable bonds is 3. The molecule has 1 aromatic carbocycles. The normalized spacial score (nSPS) is 19.2. The van der Waals surface area contributed by atoms with E-state index in [1.165, 1.54) is 6.92 Å². The van der Waals surface area contributed by atoms with Crippen LogP contribution in [0.3, 0.4) is 0 Å². The quantitative estimate of drug-likeness (QED) is 0.446. The SMILES string of the molecule is CC(=O)c1cc2ccc(O)c(CC3CNCCO3)c2oc1=NO. The standard InChI is InChI=1S/C16H18N2O5/c1-9(19)12-6-10-2-3-14(20)13(15(10)23-16(12)18-21)7-11-8-17-4-5-22-11/h2-3,6,11,17,20-21H,4-5,7-8H2,1H3. The molecule has 7 nitrogen and oxygen atoms in total. The van der Waals surface area contributed by atoms with Gasteiger partial charge in [0.1, 0.15) is 11.3 Å². The van der Waals surface area contributed by atoms with Crippen molar-refractivity contribution in [2.75, 3.05) is 19.7 Å². The minimum absolute atomic E-state index is 0.0786. The first-order chi connectivity index (χ1) is 11.1. The fourth-order valence-electron chi connectivity index (χ4n) is 2.74. The molecule has 0 radical (unpaired) electrons. The van der Waals surface area contributed by atoms with E-state index < -0.39 is 0 Å². The van der Waals surface area contributed by atoms with Gasteiger partial charge < -0.3 is 24.8 Å². The molecular weight excluding hydrogens is 300 g/mol. The van der Waals surface area contributed by atoms with Crippen LogP contribution in [-0.4, -0.2) is 41.9 Å². The lowest BCUT2D eigenvalue weighted by atomic mass is 10.0. The number of phenolic OH excluding ortho intramolecular Hbond substituents is 1. The molecule has 7 heteroatoms. The van der Waals surface area contributed by atoms with Crippen LogP contribution in [0.1, 0.15) is 22.8 Å². The lowest BCUT2D eigenvalue weighted by Gasteiger charge is -2.24. The summed E-state index contributed by atoms with van der Waals surface area (Å²) in [7, 11) is 0. The molecule has 0 spiro atoms. The number of ether oxygens (including phenoxy) is 1. The smallest absolute Gasteiger partial charge is 0.266 e. The van der Waals surface area contributed by atoms with Gasteiger partial charge in [-0.1, -0.05) is 0 Å². The third kappa shape index (κ3) is 3.06. The summed E-state index contributed by atoms with van der Waals surface area (Å²) < 4.78 is 11.2. The molecule has 23 heavy (non-hydrogen) atoms. The zero-order valence-electron chi connectivity index (χ0n) is 12.7. The van der Waals surface area contributed by atoms with Crippen molar-refractivity contribution >= 4 is 16.8 Å². The number of nitrogens with zero attached hydrogens (tertiary/aromatic N) is 1. The van der Waals surface area contributed by atoms with E-state index in [0.717, 1.165) is 6.54 Å². The van der Waals surface area contributed by atoms with Crippen molar-refractivity contribution in [3.8, 4) is 5.75 Å². The van der Waals surface area contributed by atoms with Crippen molar-refractivity contribution in [3.63, 3.8) is 0 Å². The summed E-state index contributed by atoms with van der Waals surface area (Å²) in [5.41, 5.74) is 0.972. The van der Waals surface area contributed by atoms with Gasteiger partial charge >= 0.3 is 0 Å². The highest BCUT2D eigenvalue weighted by Crippen LogP contribution is 2.28. The van der Waals surface area contributed by atoms with Crippen LogP contribution in [-0.2, 0) is 11.2 Å². The number of Topliss-reactive ketones (excluding diaryl/α,β-unsaturated/α-hetero) is 1. The maximum absolute atomic E-state index is 11.6. The molecule has 0 bridgehead atoms. The molecule has 3 N–H and O–H groups in total. The predicted molar refractivity (Wildman–Crippen MR) is 81.5 cm³/mol. The highest BCUT2D eigenvalue weighted by atomic mass is 16.5. The minimum Gasteiger partial charge on any atom is -0.508 e. The van der Waals surface area contributed by atoms with Crippen LogP contribution >= 0.6 is 0 Å². The Morgan fingerprint density at radius 2 is 2.30 bits per heavy atom. The lowest BCUT2D eigenvalue weighted by molar-refractivity contribution is 0.0289. The number of ketones is 1. The van der Waals surface area contributed by atoms with Gasteiger partial charge in [0.15, 0.2) is 5.78 Å². The van der Waals surface area contributed by atoms with Gasteiger partial charge in [-0.2, -0.15) is 0 Å². The molecule has 3 rings (SSSR count). The molecule has 1 unspecified atom stereocenters. The Kier molecular flexibility index (Phi) is 4.31. The molecule has 2 heterocycles. The highest BCUT2D eigenvalue weighted by molar-refractivity contribution is 5.97. The van der Waals surface area contributed by atoms with Crippen molar-refractivity contribution in [2.24, 2.45) is 5.16 Å². The van der Waals surface area contributed by atoms with Crippen LogP contribution in [0, 0.1) is 0 Å². The molecule has 1 saturated heterocycles. The van der Waals surface area contributed by atoms with Crippen LogP contribution in [0.2, 0.25) is 0 Å².